The zero-order valence-electron chi connectivity index (χ0n) is 15.1. The van der Waals surface area contributed by atoms with Gasteiger partial charge in [-0.25, -0.2) is 4.79 Å². The van der Waals surface area contributed by atoms with Gasteiger partial charge in [-0.05, 0) is 66.2 Å². The maximum Gasteiger partial charge on any atom is 0.343 e. The molecule has 3 aromatic rings. The average Bonchev–Trinajstić information content (AvgIpc) is 3.20. The van der Waals surface area contributed by atoms with Gasteiger partial charge in [-0.1, -0.05) is 29.8 Å². The molecule has 0 bridgehead atoms. The van der Waals surface area contributed by atoms with Gasteiger partial charge in [0.25, 0.3) is 0 Å². The summed E-state index contributed by atoms with van der Waals surface area (Å²) in [5.41, 5.74) is 1.62. The second kappa shape index (κ2) is 8.20. The van der Waals surface area contributed by atoms with Crippen LogP contribution in [0.15, 0.2) is 72.8 Å². The number of halogens is 1. The number of fused-ring (bicyclic) bond motifs is 1. The van der Waals surface area contributed by atoms with Crippen LogP contribution >= 0.6 is 11.6 Å². The standard InChI is InChI=1S/C23H15ClO5/c24-18-8-5-16(6-9-18)20(25)10-4-15-2-1-3-19(12-15)29-23(26)17-7-11-21-22(13-17)28-14-27-21/h1-13H,14H2/b10-4+. The largest absolute Gasteiger partial charge is 0.454 e. The van der Waals surface area contributed by atoms with Crippen LogP contribution in [0.2, 0.25) is 5.02 Å². The second-order valence-corrected chi connectivity index (χ2v) is 6.67. The first kappa shape index (κ1) is 18.8. The van der Waals surface area contributed by atoms with Crippen LogP contribution in [0.5, 0.6) is 17.2 Å². The van der Waals surface area contributed by atoms with Crippen LogP contribution in [-0.2, 0) is 0 Å². The fourth-order valence-electron chi connectivity index (χ4n) is 2.75. The summed E-state index contributed by atoms with van der Waals surface area (Å²) in [5.74, 6) is 0.815. The van der Waals surface area contributed by atoms with Gasteiger partial charge in [0.2, 0.25) is 6.79 Å². The van der Waals surface area contributed by atoms with Gasteiger partial charge in [-0.15, -0.1) is 0 Å². The fraction of sp³-hybridized carbons (Fsp3) is 0.0435. The Morgan fingerprint density at radius 2 is 1.66 bits per heavy atom. The molecular formula is C23H15ClO5. The maximum atomic E-state index is 12.4. The molecule has 1 aliphatic rings. The lowest BCUT2D eigenvalue weighted by Gasteiger charge is -2.06. The van der Waals surface area contributed by atoms with E-state index >= 15 is 0 Å². The SMILES string of the molecule is O=C(/C=C/c1cccc(OC(=O)c2ccc3c(c2)OCO3)c1)c1ccc(Cl)cc1. The second-order valence-electron chi connectivity index (χ2n) is 6.23. The Labute approximate surface area is 172 Å². The van der Waals surface area contributed by atoms with E-state index in [0.29, 0.717) is 33.4 Å². The van der Waals surface area contributed by atoms with Gasteiger partial charge in [-0.3, -0.25) is 4.79 Å². The molecular weight excluding hydrogens is 392 g/mol. The number of benzene rings is 3. The first-order valence-electron chi connectivity index (χ1n) is 8.78. The molecule has 6 heteroatoms. The average molecular weight is 407 g/mol. The van der Waals surface area contributed by atoms with Crippen LogP contribution in [0.3, 0.4) is 0 Å². The van der Waals surface area contributed by atoms with Gasteiger partial charge >= 0.3 is 5.97 Å². The third-order valence-corrected chi connectivity index (χ3v) is 4.48. The first-order valence-corrected chi connectivity index (χ1v) is 9.16. The molecule has 5 nitrogen and oxygen atoms in total. The maximum absolute atomic E-state index is 12.4. The van der Waals surface area contributed by atoms with E-state index in [2.05, 4.69) is 0 Å². The summed E-state index contributed by atoms with van der Waals surface area (Å²) in [5, 5.41) is 0.572. The lowest BCUT2D eigenvalue weighted by Crippen LogP contribution is -2.08. The van der Waals surface area contributed by atoms with Crippen LogP contribution < -0.4 is 14.2 Å². The van der Waals surface area contributed by atoms with E-state index in [-0.39, 0.29) is 12.6 Å². The van der Waals surface area contributed by atoms with Crippen molar-refractivity contribution >= 4 is 29.4 Å². The topological polar surface area (TPSA) is 61.8 Å². The van der Waals surface area contributed by atoms with Crippen molar-refractivity contribution in [2.24, 2.45) is 0 Å². The number of carbonyl (C=O) groups excluding carboxylic acids is 2. The zero-order valence-corrected chi connectivity index (χ0v) is 15.9. The van der Waals surface area contributed by atoms with Gasteiger partial charge in [0.05, 0.1) is 5.56 Å². The molecule has 0 saturated carbocycles. The summed E-state index contributed by atoms with van der Waals surface area (Å²) < 4.78 is 15.9. The number of esters is 1. The molecule has 0 aromatic heterocycles. The first-order chi connectivity index (χ1) is 14.1. The molecule has 0 radical (unpaired) electrons. The Hall–Kier alpha value is -3.57. The molecule has 0 spiro atoms. The lowest BCUT2D eigenvalue weighted by molar-refractivity contribution is 0.0734. The summed E-state index contributed by atoms with van der Waals surface area (Å²) in [7, 11) is 0. The Bertz CT molecular complexity index is 1100. The highest BCUT2D eigenvalue weighted by atomic mass is 35.5. The third-order valence-electron chi connectivity index (χ3n) is 4.23. The van der Waals surface area contributed by atoms with E-state index in [0.717, 1.165) is 5.56 Å². The van der Waals surface area contributed by atoms with Crippen LogP contribution in [0, 0.1) is 0 Å². The summed E-state index contributed by atoms with van der Waals surface area (Å²) in [6, 6.07) is 18.4. The van der Waals surface area contributed by atoms with E-state index in [1.165, 1.54) is 6.08 Å². The van der Waals surface area contributed by atoms with Crippen LogP contribution in [0.25, 0.3) is 6.08 Å². The Morgan fingerprint density at radius 3 is 2.48 bits per heavy atom. The highest BCUT2D eigenvalue weighted by Gasteiger charge is 2.17. The lowest BCUT2D eigenvalue weighted by atomic mass is 10.1. The van der Waals surface area contributed by atoms with Crippen molar-refractivity contribution in [3.05, 3.63) is 94.5 Å². The van der Waals surface area contributed by atoms with Crippen molar-refractivity contribution < 1.29 is 23.8 Å². The molecule has 0 aliphatic carbocycles. The molecule has 0 fully saturated rings. The predicted octanol–water partition coefficient (Wildman–Crippen LogP) is 5.18. The molecule has 1 aliphatic heterocycles. The molecule has 29 heavy (non-hydrogen) atoms. The van der Waals surface area contributed by atoms with Gasteiger partial charge in [-0.2, -0.15) is 0 Å². The number of carbonyl (C=O) groups is 2. The summed E-state index contributed by atoms with van der Waals surface area (Å²) in [4.78, 5) is 24.6. The Kier molecular flexibility index (Phi) is 5.31. The molecule has 1 heterocycles. The van der Waals surface area contributed by atoms with Crippen LogP contribution in [-0.4, -0.2) is 18.5 Å². The number of ether oxygens (including phenoxy) is 3. The minimum atomic E-state index is -0.512. The van der Waals surface area contributed by atoms with Gasteiger partial charge in [0, 0.05) is 10.6 Å². The molecule has 3 aromatic carbocycles. The van der Waals surface area contributed by atoms with E-state index in [9.17, 15) is 9.59 Å². The molecule has 0 amide bonds. The van der Waals surface area contributed by atoms with Crippen LogP contribution in [0.4, 0.5) is 0 Å². The molecule has 0 saturated heterocycles. The van der Waals surface area contributed by atoms with Crippen molar-refractivity contribution in [1.82, 2.24) is 0 Å². The van der Waals surface area contributed by atoms with E-state index in [1.807, 2.05) is 6.07 Å². The van der Waals surface area contributed by atoms with E-state index in [4.69, 9.17) is 25.8 Å². The zero-order chi connectivity index (χ0) is 20.2. The third kappa shape index (κ3) is 4.47. The van der Waals surface area contributed by atoms with Crippen molar-refractivity contribution in [3.8, 4) is 17.2 Å². The normalized spacial score (nSPS) is 12.2. The van der Waals surface area contributed by atoms with Gasteiger partial charge < -0.3 is 14.2 Å². The fourth-order valence-corrected chi connectivity index (χ4v) is 2.88. The van der Waals surface area contributed by atoms with Crippen molar-refractivity contribution in [1.29, 1.82) is 0 Å². The molecule has 4 rings (SSSR count). The van der Waals surface area contributed by atoms with Gasteiger partial charge in [0.1, 0.15) is 5.75 Å². The monoisotopic (exact) mass is 406 g/mol. The Morgan fingerprint density at radius 1 is 0.897 bits per heavy atom. The van der Waals surface area contributed by atoms with E-state index in [1.54, 1.807) is 66.7 Å². The molecule has 0 unspecified atom stereocenters. The number of rotatable bonds is 5. The van der Waals surface area contributed by atoms with Crippen LogP contribution in [0.1, 0.15) is 26.3 Å². The molecule has 0 N–H and O–H groups in total. The number of ketones is 1. The van der Waals surface area contributed by atoms with Crippen molar-refractivity contribution in [2.75, 3.05) is 6.79 Å². The smallest absolute Gasteiger partial charge is 0.343 e. The number of allylic oxidation sites excluding steroid dienone is 1. The highest BCUT2D eigenvalue weighted by Crippen LogP contribution is 2.32. The quantitative estimate of drug-likeness (QED) is 0.253. The van der Waals surface area contributed by atoms with Gasteiger partial charge in [0.15, 0.2) is 17.3 Å². The minimum absolute atomic E-state index is 0.136. The summed E-state index contributed by atoms with van der Waals surface area (Å²) >= 11 is 5.84. The van der Waals surface area contributed by atoms with Crippen molar-refractivity contribution in [3.63, 3.8) is 0 Å². The predicted molar refractivity (Wildman–Crippen MR) is 109 cm³/mol. The molecule has 144 valence electrons. The molecule has 0 atom stereocenters. The summed E-state index contributed by atoms with van der Waals surface area (Å²) in [6.45, 7) is 0.136. The highest BCUT2D eigenvalue weighted by molar-refractivity contribution is 6.30. The number of hydrogen-bond acceptors (Lipinski definition) is 5. The number of hydrogen-bond donors (Lipinski definition) is 0. The summed E-state index contributed by atoms with van der Waals surface area (Å²) in [6.07, 6.45) is 3.12. The Balaban J connectivity index is 1.45. The minimum Gasteiger partial charge on any atom is -0.454 e. The van der Waals surface area contributed by atoms with E-state index < -0.39 is 5.97 Å². The van der Waals surface area contributed by atoms with Crippen molar-refractivity contribution in [2.45, 2.75) is 0 Å².